The second kappa shape index (κ2) is 15.9. The van der Waals surface area contributed by atoms with Gasteiger partial charge in [-0.15, -0.1) is 0 Å². The molecule has 1 aromatic rings. The number of carbonyl (C=O) groups excluding carboxylic acids is 2. The summed E-state index contributed by atoms with van der Waals surface area (Å²) in [6.07, 6.45) is 11.4. The molecule has 1 aromatic carbocycles. The van der Waals surface area contributed by atoms with Crippen molar-refractivity contribution in [3.63, 3.8) is 0 Å². The number of esters is 2. The van der Waals surface area contributed by atoms with Crippen LogP contribution in [0.5, 0.6) is 0 Å². The van der Waals surface area contributed by atoms with E-state index >= 15 is 0 Å². The minimum atomic E-state index is -0.978. The highest BCUT2D eigenvalue weighted by atomic mass is 19.2. The molecule has 0 aliphatic carbocycles. The molecular formula is C23H34F2O4. The van der Waals surface area contributed by atoms with E-state index in [1.54, 1.807) is 0 Å². The molecule has 0 spiro atoms. The van der Waals surface area contributed by atoms with Gasteiger partial charge in [0.15, 0.2) is 11.6 Å². The fraction of sp³-hybridized carbons (Fsp3) is 0.652. The highest BCUT2D eigenvalue weighted by Crippen LogP contribution is 2.11. The number of hydrogen-bond acceptors (Lipinski definition) is 4. The predicted octanol–water partition coefficient (Wildman–Crippen LogP) is 6.25. The van der Waals surface area contributed by atoms with Crippen LogP contribution < -0.4 is 0 Å². The van der Waals surface area contributed by atoms with E-state index in [0.717, 1.165) is 25.0 Å². The molecule has 0 unspecified atom stereocenters. The van der Waals surface area contributed by atoms with Crippen LogP contribution in [0.1, 0.15) is 89.5 Å². The molecule has 0 bridgehead atoms. The molecule has 4 nitrogen and oxygen atoms in total. The average molecular weight is 413 g/mol. The van der Waals surface area contributed by atoms with E-state index in [-0.39, 0.29) is 25.4 Å². The summed E-state index contributed by atoms with van der Waals surface area (Å²) in [6.45, 7) is 2.51. The third-order valence-electron chi connectivity index (χ3n) is 4.66. The molecule has 0 atom stereocenters. The van der Waals surface area contributed by atoms with Crippen LogP contribution in [-0.4, -0.2) is 18.5 Å². The first-order valence-corrected chi connectivity index (χ1v) is 10.8. The summed E-state index contributed by atoms with van der Waals surface area (Å²) in [6, 6.07) is 3.34. The van der Waals surface area contributed by atoms with Crippen LogP contribution in [0.4, 0.5) is 8.78 Å². The Morgan fingerprint density at radius 3 is 1.97 bits per heavy atom. The molecule has 0 radical (unpaired) electrons. The van der Waals surface area contributed by atoms with Crippen molar-refractivity contribution in [2.24, 2.45) is 0 Å². The Morgan fingerprint density at radius 2 is 1.34 bits per heavy atom. The van der Waals surface area contributed by atoms with Gasteiger partial charge in [-0.2, -0.15) is 0 Å². The Kier molecular flexibility index (Phi) is 13.7. The summed E-state index contributed by atoms with van der Waals surface area (Å²) in [4.78, 5) is 23.3. The number of unbranched alkanes of at least 4 members (excludes halogenated alkanes) is 8. The normalized spacial score (nSPS) is 10.7. The molecular weight excluding hydrogens is 378 g/mol. The van der Waals surface area contributed by atoms with Crippen molar-refractivity contribution in [2.75, 3.05) is 6.61 Å². The zero-order valence-electron chi connectivity index (χ0n) is 17.5. The number of ether oxygens (including phenoxy) is 2. The first-order valence-electron chi connectivity index (χ1n) is 10.8. The summed E-state index contributed by atoms with van der Waals surface area (Å²) in [5, 5.41) is 0. The molecule has 0 aromatic heterocycles. The van der Waals surface area contributed by atoms with E-state index in [1.165, 1.54) is 51.0 Å². The quantitative estimate of drug-likeness (QED) is 0.238. The summed E-state index contributed by atoms with van der Waals surface area (Å²) in [5.74, 6) is -2.71. The van der Waals surface area contributed by atoms with Crippen molar-refractivity contribution in [2.45, 2.75) is 90.6 Å². The van der Waals surface area contributed by atoms with Gasteiger partial charge in [0, 0.05) is 12.8 Å². The van der Waals surface area contributed by atoms with Crippen LogP contribution in [0, 0.1) is 11.6 Å². The zero-order valence-corrected chi connectivity index (χ0v) is 17.5. The van der Waals surface area contributed by atoms with E-state index < -0.39 is 17.6 Å². The Balaban J connectivity index is 1.96. The Labute approximate surface area is 173 Å². The predicted molar refractivity (Wildman–Crippen MR) is 108 cm³/mol. The summed E-state index contributed by atoms with van der Waals surface area (Å²) >= 11 is 0. The van der Waals surface area contributed by atoms with E-state index in [0.29, 0.717) is 18.6 Å². The molecule has 0 amide bonds. The van der Waals surface area contributed by atoms with Crippen molar-refractivity contribution in [3.05, 3.63) is 35.4 Å². The summed E-state index contributed by atoms with van der Waals surface area (Å²) in [5.41, 5.74) is 0.373. The standard InChI is InChI=1S/C23H34F2O4/c1-2-3-4-5-6-7-8-9-10-16-28-22(26)12-11-13-23(27)29-18-19-14-15-20(24)21(25)17-19/h14-15,17H,2-13,16,18H2,1H3. The minimum Gasteiger partial charge on any atom is -0.466 e. The summed E-state index contributed by atoms with van der Waals surface area (Å²) < 4.78 is 36.1. The van der Waals surface area contributed by atoms with Gasteiger partial charge in [0.25, 0.3) is 0 Å². The molecule has 1 rings (SSSR count). The van der Waals surface area contributed by atoms with Crippen LogP contribution in [0.2, 0.25) is 0 Å². The van der Waals surface area contributed by atoms with Crippen LogP contribution in [0.15, 0.2) is 18.2 Å². The smallest absolute Gasteiger partial charge is 0.306 e. The molecule has 6 heteroatoms. The van der Waals surface area contributed by atoms with Gasteiger partial charge in [-0.05, 0) is 30.5 Å². The Morgan fingerprint density at radius 1 is 0.759 bits per heavy atom. The number of carbonyl (C=O) groups is 2. The Hall–Kier alpha value is -1.98. The van der Waals surface area contributed by atoms with Gasteiger partial charge in [0.05, 0.1) is 6.61 Å². The Bertz CT molecular complexity index is 605. The van der Waals surface area contributed by atoms with Crippen LogP contribution in [0.3, 0.4) is 0 Å². The molecule has 0 fully saturated rings. The SMILES string of the molecule is CCCCCCCCCCCOC(=O)CCCC(=O)OCc1ccc(F)c(F)c1. The lowest BCUT2D eigenvalue weighted by Gasteiger charge is -2.06. The van der Waals surface area contributed by atoms with Crippen molar-refractivity contribution in [3.8, 4) is 0 Å². The highest BCUT2D eigenvalue weighted by Gasteiger charge is 2.09. The molecule has 0 saturated carbocycles. The van der Waals surface area contributed by atoms with E-state index in [1.807, 2.05) is 0 Å². The summed E-state index contributed by atoms with van der Waals surface area (Å²) in [7, 11) is 0. The number of hydrogen-bond donors (Lipinski definition) is 0. The van der Waals surface area contributed by atoms with Crippen molar-refractivity contribution < 1.29 is 27.8 Å². The fourth-order valence-corrected chi connectivity index (χ4v) is 2.91. The molecule has 0 aliphatic rings. The lowest BCUT2D eigenvalue weighted by molar-refractivity contribution is -0.146. The molecule has 164 valence electrons. The van der Waals surface area contributed by atoms with Gasteiger partial charge in [0.2, 0.25) is 0 Å². The van der Waals surface area contributed by atoms with Gasteiger partial charge < -0.3 is 9.47 Å². The van der Waals surface area contributed by atoms with Gasteiger partial charge in [-0.3, -0.25) is 9.59 Å². The molecule has 0 aliphatic heterocycles. The lowest BCUT2D eigenvalue weighted by atomic mass is 10.1. The second-order valence-electron chi connectivity index (χ2n) is 7.31. The number of rotatable bonds is 16. The van der Waals surface area contributed by atoms with Gasteiger partial charge in [0.1, 0.15) is 6.61 Å². The second-order valence-corrected chi connectivity index (χ2v) is 7.31. The lowest BCUT2D eigenvalue weighted by Crippen LogP contribution is -2.09. The zero-order chi connectivity index (χ0) is 21.3. The first kappa shape index (κ1) is 25.1. The average Bonchev–Trinajstić information content (AvgIpc) is 2.70. The van der Waals surface area contributed by atoms with Crippen molar-refractivity contribution in [1.82, 2.24) is 0 Å². The number of benzene rings is 1. The van der Waals surface area contributed by atoms with Crippen LogP contribution in [0.25, 0.3) is 0 Å². The van der Waals surface area contributed by atoms with Gasteiger partial charge in [-0.25, -0.2) is 8.78 Å². The molecule has 0 heterocycles. The van der Waals surface area contributed by atoms with Crippen molar-refractivity contribution in [1.29, 1.82) is 0 Å². The maximum Gasteiger partial charge on any atom is 0.306 e. The van der Waals surface area contributed by atoms with Crippen LogP contribution in [-0.2, 0) is 25.7 Å². The van der Waals surface area contributed by atoms with Crippen molar-refractivity contribution >= 4 is 11.9 Å². The number of halogens is 2. The first-order chi connectivity index (χ1) is 14.0. The maximum absolute atomic E-state index is 13.1. The third kappa shape index (κ3) is 13.0. The fourth-order valence-electron chi connectivity index (χ4n) is 2.91. The van der Waals surface area contributed by atoms with Gasteiger partial charge >= 0.3 is 11.9 Å². The minimum absolute atomic E-state index is 0.0802. The van der Waals surface area contributed by atoms with E-state index in [2.05, 4.69) is 6.92 Å². The molecule has 0 saturated heterocycles. The largest absolute Gasteiger partial charge is 0.466 e. The molecule has 29 heavy (non-hydrogen) atoms. The highest BCUT2D eigenvalue weighted by molar-refractivity contribution is 5.72. The molecule has 0 N–H and O–H groups in total. The maximum atomic E-state index is 13.1. The third-order valence-corrected chi connectivity index (χ3v) is 4.66. The monoisotopic (exact) mass is 412 g/mol. The topological polar surface area (TPSA) is 52.6 Å². The van der Waals surface area contributed by atoms with E-state index in [9.17, 15) is 18.4 Å². The van der Waals surface area contributed by atoms with Gasteiger partial charge in [-0.1, -0.05) is 64.4 Å². The van der Waals surface area contributed by atoms with Crippen LogP contribution >= 0.6 is 0 Å². The van der Waals surface area contributed by atoms with E-state index in [4.69, 9.17) is 9.47 Å².